The Bertz CT molecular complexity index is 951. The van der Waals surface area contributed by atoms with Crippen LogP contribution in [0.25, 0.3) is 0 Å². The minimum absolute atomic E-state index is 0.257. The number of ether oxygens (including phenoxy) is 3. The number of rotatable bonds is 7. The summed E-state index contributed by atoms with van der Waals surface area (Å²) >= 11 is 5.90. The summed E-state index contributed by atoms with van der Waals surface area (Å²) in [7, 11) is 1.38. The van der Waals surface area contributed by atoms with Crippen LogP contribution >= 0.6 is 11.6 Å². The number of methoxy groups -OCH3 is 1. The Morgan fingerprint density at radius 2 is 1.54 bits per heavy atom. The first-order valence-electron chi connectivity index (χ1n) is 8.83. The third kappa shape index (κ3) is 5.05. The molecule has 28 heavy (non-hydrogen) atoms. The Labute approximate surface area is 169 Å². The molecule has 0 fully saturated rings. The van der Waals surface area contributed by atoms with E-state index in [-0.39, 0.29) is 12.6 Å². The van der Waals surface area contributed by atoms with Gasteiger partial charge in [-0.05, 0) is 42.3 Å². The fourth-order valence-corrected chi connectivity index (χ4v) is 2.93. The molecule has 0 saturated heterocycles. The van der Waals surface area contributed by atoms with Crippen molar-refractivity contribution >= 4 is 17.6 Å². The second-order valence-corrected chi connectivity index (χ2v) is 6.72. The maximum absolute atomic E-state index is 12.1. The lowest BCUT2D eigenvalue weighted by molar-refractivity contribution is 0.0597. The van der Waals surface area contributed by atoms with E-state index in [1.54, 1.807) is 0 Å². The van der Waals surface area contributed by atoms with Gasteiger partial charge < -0.3 is 14.2 Å². The number of benzene rings is 3. The van der Waals surface area contributed by atoms with Gasteiger partial charge in [-0.3, -0.25) is 0 Å². The topological polar surface area (TPSA) is 44.8 Å². The summed E-state index contributed by atoms with van der Waals surface area (Å²) in [4.78, 5) is 12.1. The molecule has 0 atom stereocenters. The van der Waals surface area contributed by atoms with E-state index in [9.17, 15) is 4.79 Å². The molecule has 0 aliphatic rings. The smallest absolute Gasteiger partial charge is 0.338 e. The third-order valence-corrected chi connectivity index (χ3v) is 4.52. The molecule has 3 rings (SSSR count). The summed E-state index contributed by atoms with van der Waals surface area (Å²) in [5.41, 5.74) is 3.20. The van der Waals surface area contributed by atoms with Gasteiger partial charge in [-0.25, -0.2) is 4.79 Å². The van der Waals surface area contributed by atoms with E-state index >= 15 is 0 Å². The van der Waals surface area contributed by atoms with Gasteiger partial charge in [0.1, 0.15) is 24.7 Å². The van der Waals surface area contributed by atoms with E-state index in [4.69, 9.17) is 25.8 Å². The largest absolute Gasteiger partial charge is 0.489 e. The summed E-state index contributed by atoms with van der Waals surface area (Å²) in [6.45, 7) is 2.57. The van der Waals surface area contributed by atoms with Gasteiger partial charge in [-0.1, -0.05) is 48.0 Å². The highest BCUT2D eigenvalue weighted by atomic mass is 35.5. The van der Waals surface area contributed by atoms with Crippen molar-refractivity contribution in [3.8, 4) is 11.5 Å². The molecule has 0 unspecified atom stereocenters. The van der Waals surface area contributed by atoms with Gasteiger partial charge in [-0.15, -0.1) is 0 Å². The SMILES string of the molecule is COC(=O)c1c(C)cccc1COc1cccc(OCc2ccc(Cl)cc2)c1. The molecule has 0 N–H and O–H groups in total. The van der Waals surface area contributed by atoms with Crippen molar-refractivity contribution in [1.29, 1.82) is 0 Å². The van der Waals surface area contributed by atoms with Crippen LogP contribution in [0.15, 0.2) is 66.7 Å². The van der Waals surface area contributed by atoms with Crippen molar-refractivity contribution in [2.45, 2.75) is 20.1 Å². The van der Waals surface area contributed by atoms with Gasteiger partial charge in [0.15, 0.2) is 0 Å². The Morgan fingerprint density at radius 3 is 2.21 bits per heavy atom. The van der Waals surface area contributed by atoms with E-state index in [1.807, 2.05) is 73.7 Å². The van der Waals surface area contributed by atoms with Gasteiger partial charge in [0.05, 0.1) is 12.7 Å². The quantitative estimate of drug-likeness (QED) is 0.488. The number of carbonyl (C=O) groups is 1. The van der Waals surface area contributed by atoms with E-state index in [1.165, 1.54) is 7.11 Å². The van der Waals surface area contributed by atoms with Crippen molar-refractivity contribution in [1.82, 2.24) is 0 Å². The highest BCUT2D eigenvalue weighted by molar-refractivity contribution is 6.30. The molecule has 0 aliphatic carbocycles. The summed E-state index contributed by atoms with van der Waals surface area (Å²) in [6, 6.07) is 20.6. The Morgan fingerprint density at radius 1 is 0.893 bits per heavy atom. The fourth-order valence-electron chi connectivity index (χ4n) is 2.81. The molecule has 0 aromatic heterocycles. The minimum Gasteiger partial charge on any atom is -0.489 e. The second-order valence-electron chi connectivity index (χ2n) is 6.28. The zero-order chi connectivity index (χ0) is 19.9. The van der Waals surface area contributed by atoms with E-state index in [2.05, 4.69) is 0 Å². The first-order chi connectivity index (χ1) is 13.6. The number of halogens is 1. The monoisotopic (exact) mass is 396 g/mol. The normalized spacial score (nSPS) is 10.4. The van der Waals surface area contributed by atoms with Crippen LogP contribution < -0.4 is 9.47 Å². The van der Waals surface area contributed by atoms with E-state index < -0.39 is 0 Å². The molecule has 144 valence electrons. The lowest BCUT2D eigenvalue weighted by Gasteiger charge is -2.13. The molecule has 0 aliphatic heterocycles. The first-order valence-corrected chi connectivity index (χ1v) is 9.21. The maximum atomic E-state index is 12.1. The molecule has 0 saturated carbocycles. The first kappa shape index (κ1) is 19.8. The van der Waals surface area contributed by atoms with Gasteiger partial charge in [0.2, 0.25) is 0 Å². The van der Waals surface area contributed by atoms with Gasteiger partial charge in [-0.2, -0.15) is 0 Å². The standard InChI is InChI=1S/C23H21ClO4/c1-16-5-3-6-18(22(16)23(25)26-2)15-28-21-8-4-7-20(13-21)27-14-17-9-11-19(24)12-10-17/h3-13H,14-15H2,1-2H3. The molecule has 0 heterocycles. The summed E-state index contributed by atoms with van der Waals surface area (Å²) in [5.74, 6) is 0.993. The summed E-state index contributed by atoms with van der Waals surface area (Å²) < 4.78 is 16.6. The lowest BCUT2D eigenvalue weighted by Crippen LogP contribution is -2.10. The zero-order valence-corrected chi connectivity index (χ0v) is 16.5. The van der Waals surface area contributed by atoms with Crippen LogP contribution in [0, 0.1) is 6.92 Å². The van der Waals surface area contributed by atoms with Crippen molar-refractivity contribution in [3.05, 3.63) is 94.0 Å². The molecule has 3 aromatic carbocycles. The van der Waals surface area contributed by atoms with E-state index in [0.717, 1.165) is 16.7 Å². The summed E-state index contributed by atoms with van der Waals surface area (Å²) in [5, 5.41) is 0.696. The number of aryl methyl sites for hydroxylation is 1. The van der Waals surface area contributed by atoms with Crippen LogP contribution in [-0.2, 0) is 18.0 Å². The minimum atomic E-state index is -0.364. The number of hydrogen-bond donors (Lipinski definition) is 0. The van der Waals surface area contributed by atoms with Crippen LogP contribution in [-0.4, -0.2) is 13.1 Å². The molecule has 0 bridgehead atoms. The van der Waals surface area contributed by atoms with Crippen LogP contribution in [0.2, 0.25) is 5.02 Å². The van der Waals surface area contributed by atoms with Gasteiger partial charge >= 0.3 is 5.97 Å². The Balaban J connectivity index is 1.66. The molecular formula is C23H21ClO4. The summed E-state index contributed by atoms with van der Waals surface area (Å²) in [6.07, 6.45) is 0. The predicted molar refractivity (Wildman–Crippen MR) is 109 cm³/mol. The van der Waals surface area contributed by atoms with Gasteiger partial charge in [0.25, 0.3) is 0 Å². The average molecular weight is 397 g/mol. The van der Waals surface area contributed by atoms with Crippen molar-refractivity contribution in [3.63, 3.8) is 0 Å². The average Bonchev–Trinajstić information content (AvgIpc) is 2.71. The molecule has 5 heteroatoms. The van der Waals surface area contributed by atoms with Gasteiger partial charge in [0, 0.05) is 16.7 Å². The molecule has 4 nitrogen and oxygen atoms in total. The lowest BCUT2D eigenvalue weighted by atomic mass is 10.0. The number of carbonyl (C=O) groups excluding carboxylic acids is 1. The zero-order valence-electron chi connectivity index (χ0n) is 15.8. The van der Waals surface area contributed by atoms with E-state index in [0.29, 0.717) is 28.7 Å². The van der Waals surface area contributed by atoms with Crippen LogP contribution in [0.4, 0.5) is 0 Å². The highest BCUT2D eigenvalue weighted by Crippen LogP contribution is 2.23. The maximum Gasteiger partial charge on any atom is 0.338 e. The van der Waals surface area contributed by atoms with Crippen LogP contribution in [0.1, 0.15) is 27.0 Å². The van der Waals surface area contributed by atoms with Crippen molar-refractivity contribution < 1.29 is 19.0 Å². The fraction of sp³-hybridized carbons (Fsp3) is 0.174. The number of esters is 1. The molecular weight excluding hydrogens is 376 g/mol. The Kier molecular flexibility index (Phi) is 6.56. The second kappa shape index (κ2) is 9.29. The molecule has 0 spiro atoms. The van der Waals surface area contributed by atoms with Crippen molar-refractivity contribution in [2.75, 3.05) is 7.11 Å². The molecule has 3 aromatic rings. The molecule has 0 amide bonds. The molecule has 0 radical (unpaired) electrons. The predicted octanol–water partition coefficient (Wildman–Crippen LogP) is 5.59. The number of hydrogen-bond acceptors (Lipinski definition) is 4. The Hall–Kier alpha value is -2.98. The van der Waals surface area contributed by atoms with Crippen LogP contribution in [0.5, 0.6) is 11.5 Å². The third-order valence-electron chi connectivity index (χ3n) is 4.27. The van der Waals surface area contributed by atoms with Crippen LogP contribution in [0.3, 0.4) is 0 Å². The highest BCUT2D eigenvalue weighted by Gasteiger charge is 2.15. The van der Waals surface area contributed by atoms with Crippen molar-refractivity contribution in [2.24, 2.45) is 0 Å².